The third-order valence-electron chi connectivity index (χ3n) is 1.90. The Kier molecular flexibility index (Phi) is 3.98. The highest BCUT2D eigenvalue weighted by molar-refractivity contribution is 5.66. The molecule has 0 aromatic heterocycles. The van der Waals surface area contributed by atoms with Gasteiger partial charge in [0.1, 0.15) is 0 Å². The molecule has 0 aliphatic rings. The van der Waals surface area contributed by atoms with Crippen molar-refractivity contribution in [3.8, 4) is 0 Å². The first-order valence-electron chi connectivity index (χ1n) is 4.90. The van der Waals surface area contributed by atoms with Crippen molar-refractivity contribution in [1.82, 2.24) is 0 Å². The third-order valence-corrected chi connectivity index (χ3v) is 1.90. The average molecular weight is 247 g/mol. The minimum atomic E-state index is -4.39. The quantitative estimate of drug-likeness (QED) is 0.659. The fourth-order valence-corrected chi connectivity index (χ4v) is 1.30. The minimum Gasteiger partial charge on any atom is -0.442 e. The molecule has 17 heavy (non-hydrogen) atoms. The second-order valence-electron chi connectivity index (χ2n) is 3.47. The van der Waals surface area contributed by atoms with Crippen LogP contribution in [0.25, 0.3) is 0 Å². The maximum absolute atomic E-state index is 12.4. The summed E-state index contributed by atoms with van der Waals surface area (Å²) < 4.78 is 42.0. The summed E-state index contributed by atoms with van der Waals surface area (Å²) in [6.45, 7) is 2.76. The molecule has 1 unspecified atom stereocenters. The van der Waals surface area contributed by atoms with Gasteiger partial charge >= 0.3 is 12.1 Å². The van der Waals surface area contributed by atoms with E-state index in [4.69, 9.17) is 4.74 Å². The zero-order valence-corrected chi connectivity index (χ0v) is 9.34. The van der Waals surface area contributed by atoms with Crippen LogP contribution < -0.4 is 5.32 Å². The van der Waals surface area contributed by atoms with Crippen LogP contribution in [0.3, 0.4) is 0 Å². The SMILES string of the molecule is CC(=O)OC(C)Nc1cccc(C(F)(F)F)c1. The molecule has 0 fully saturated rings. The van der Waals surface area contributed by atoms with E-state index in [-0.39, 0.29) is 5.69 Å². The highest BCUT2D eigenvalue weighted by Crippen LogP contribution is 2.30. The molecule has 6 heteroatoms. The lowest BCUT2D eigenvalue weighted by Crippen LogP contribution is -2.21. The summed E-state index contributed by atoms with van der Waals surface area (Å²) in [6, 6.07) is 4.68. The van der Waals surface area contributed by atoms with Crippen LogP contribution in [-0.4, -0.2) is 12.2 Å². The number of carbonyl (C=O) groups excluding carboxylic acids is 1. The van der Waals surface area contributed by atoms with Crippen LogP contribution in [0.2, 0.25) is 0 Å². The number of hydrogen-bond acceptors (Lipinski definition) is 3. The Labute approximate surface area is 96.6 Å². The first-order chi connectivity index (χ1) is 7.79. The Hall–Kier alpha value is -1.72. The zero-order valence-electron chi connectivity index (χ0n) is 9.34. The molecule has 0 saturated heterocycles. The zero-order chi connectivity index (χ0) is 13.1. The summed E-state index contributed by atoms with van der Waals surface area (Å²) in [7, 11) is 0. The smallest absolute Gasteiger partial charge is 0.416 e. The maximum Gasteiger partial charge on any atom is 0.416 e. The lowest BCUT2D eigenvalue weighted by molar-refractivity contribution is -0.144. The lowest BCUT2D eigenvalue weighted by atomic mass is 10.2. The summed E-state index contributed by atoms with van der Waals surface area (Å²) >= 11 is 0. The van der Waals surface area contributed by atoms with E-state index in [0.29, 0.717) is 0 Å². The standard InChI is InChI=1S/C11H12F3NO2/c1-7(17-8(2)16)15-10-5-3-4-9(6-10)11(12,13)14/h3-7,15H,1-2H3. The van der Waals surface area contributed by atoms with Crippen molar-refractivity contribution in [3.63, 3.8) is 0 Å². The second-order valence-corrected chi connectivity index (χ2v) is 3.47. The van der Waals surface area contributed by atoms with Gasteiger partial charge < -0.3 is 10.1 Å². The number of rotatable bonds is 3. The van der Waals surface area contributed by atoms with Gasteiger partial charge in [0, 0.05) is 12.6 Å². The number of esters is 1. The van der Waals surface area contributed by atoms with Gasteiger partial charge in [0.25, 0.3) is 0 Å². The van der Waals surface area contributed by atoms with Gasteiger partial charge in [0.05, 0.1) is 5.56 Å². The van der Waals surface area contributed by atoms with Crippen molar-refractivity contribution in [1.29, 1.82) is 0 Å². The van der Waals surface area contributed by atoms with E-state index >= 15 is 0 Å². The average Bonchev–Trinajstić information content (AvgIpc) is 2.15. The van der Waals surface area contributed by atoms with Gasteiger partial charge in [-0.05, 0) is 25.1 Å². The Morgan fingerprint density at radius 3 is 2.59 bits per heavy atom. The molecule has 0 aliphatic carbocycles. The van der Waals surface area contributed by atoms with E-state index in [1.54, 1.807) is 0 Å². The monoisotopic (exact) mass is 247 g/mol. The molecule has 1 atom stereocenters. The number of carbonyl (C=O) groups is 1. The van der Waals surface area contributed by atoms with Crippen LogP contribution in [0.5, 0.6) is 0 Å². The molecule has 0 aliphatic heterocycles. The predicted molar refractivity (Wildman–Crippen MR) is 56.3 cm³/mol. The van der Waals surface area contributed by atoms with Crippen LogP contribution >= 0.6 is 0 Å². The maximum atomic E-state index is 12.4. The Balaban J connectivity index is 2.76. The fourth-order valence-electron chi connectivity index (χ4n) is 1.30. The number of benzene rings is 1. The molecule has 0 radical (unpaired) electrons. The number of alkyl halides is 3. The van der Waals surface area contributed by atoms with E-state index in [9.17, 15) is 18.0 Å². The van der Waals surface area contributed by atoms with Gasteiger partial charge in [-0.2, -0.15) is 13.2 Å². The van der Waals surface area contributed by atoms with Crippen LogP contribution in [-0.2, 0) is 15.7 Å². The van der Waals surface area contributed by atoms with Gasteiger partial charge in [0.2, 0.25) is 0 Å². The second kappa shape index (κ2) is 5.07. The Morgan fingerprint density at radius 1 is 1.41 bits per heavy atom. The highest BCUT2D eigenvalue weighted by atomic mass is 19.4. The molecule has 0 amide bonds. The number of halogens is 3. The summed E-state index contributed by atoms with van der Waals surface area (Å²) in [5.41, 5.74) is -0.508. The number of nitrogens with one attached hydrogen (secondary N) is 1. The van der Waals surface area contributed by atoms with Crippen molar-refractivity contribution < 1.29 is 22.7 Å². The van der Waals surface area contributed by atoms with Crippen LogP contribution in [0.1, 0.15) is 19.4 Å². The molecule has 3 nitrogen and oxygen atoms in total. The third kappa shape index (κ3) is 4.34. The van der Waals surface area contributed by atoms with Crippen molar-refractivity contribution in [3.05, 3.63) is 29.8 Å². The molecule has 0 saturated carbocycles. The first kappa shape index (κ1) is 13.3. The van der Waals surface area contributed by atoms with Crippen LogP contribution in [0.4, 0.5) is 18.9 Å². The van der Waals surface area contributed by atoms with Gasteiger partial charge in [0.15, 0.2) is 6.23 Å². The van der Waals surface area contributed by atoms with Gasteiger partial charge in [-0.3, -0.25) is 4.79 Å². The molecule has 1 aromatic rings. The molecule has 94 valence electrons. The van der Waals surface area contributed by atoms with Crippen LogP contribution in [0, 0.1) is 0 Å². The summed E-state index contributed by atoms with van der Waals surface area (Å²) in [5.74, 6) is -0.503. The highest BCUT2D eigenvalue weighted by Gasteiger charge is 2.30. The lowest BCUT2D eigenvalue weighted by Gasteiger charge is -2.16. The van der Waals surface area contributed by atoms with Crippen molar-refractivity contribution in [2.75, 3.05) is 5.32 Å². The summed E-state index contributed by atoms with van der Waals surface area (Å²) in [6.07, 6.45) is -5.07. The summed E-state index contributed by atoms with van der Waals surface area (Å²) in [5, 5.41) is 2.64. The minimum absolute atomic E-state index is 0.244. The molecular formula is C11H12F3NO2. The van der Waals surface area contributed by atoms with Gasteiger partial charge in [-0.1, -0.05) is 6.07 Å². The van der Waals surface area contributed by atoms with E-state index in [0.717, 1.165) is 12.1 Å². The van der Waals surface area contributed by atoms with E-state index in [2.05, 4.69) is 5.32 Å². The largest absolute Gasteiger partial charge is 0.442 e. The predicted octanol–water partition coefficient (Wildman–Crippen LogP) is 3.03. The van der Waals surface area contributed by atoms with E-state index in [1.165, 1.54) is 26.0 Å². The number of hydrogen-bond donors (Lipinski definition) is 1. The van der Waals surface area contributed by atoms with Crippen LogP contribution in [0.15, 0.2) is 24.3 Å². The molecule has 0 heterocycles. The molecular weight excluding hydrogens is 235 g/mol. The molecule has 0 bridgehead atoms. The van der Waals surface area contributed by atoms with E-state index in [1.807, 2.05) is 0 Å². The van der Waals surface area contributed by atoms with Crippen molar-refractivity contribution >= 4 is 11.7 Å². The van der Waals surface area contributed by atoms with E-state index < -0.39 is 23.9 Å². The first-order valence-corrected chi connectivity index (χ1v) is 4.90. The molecule has 0 spiro atoms. The Morgan fingerprint density at radius 2 is 2.06 bits per heavy atom. The molecule has 1 aromatic carbocycles. The molecule has 1 N–H and O–H groups in total. The van der Waals surface area contributed by atoms with Gasteiger partial charge in [-0.25, -0.2) is 0 Å². The summed E-state index contributed by atoms with van der Waals surface area (Å²) in [4.78, 5) is 10.6. The van der Waals surface area contributed by atoms with Gasteiger partial charge in [-0.15, -0.1) is 0 Å². The number of ether oxygens (including phenoxy) is 1. The normalized spacial score (nSPS) is 13.0. The Bertz CT molecular complexity index is 404. The van der Waals surface area contributed by atoms with Crippen molar-refractivity contribution in [2.45, 2.75) is 26.3 Å². The van der Waals surface area contributed by atoms with Crippen molar-refractivity contribution in [2.24, 2.45) is 0 Å². The number of anilines is 1. The molecule has 1 rings (SSSR count). The topological polar surface area (TPSA) is 38.3 Å². The fraction of sp³-hybridized carbons (Fsp3) is 0.364.